The van der Waals surface area contributed by atoms with Crippen LogP contribution in [0.4, 0.5) is 10.5 Å². The quantitative estimate of drug-likeness (QED) is 0.235. The Labute approximate surface area is 257 Å². The molecule has 0 saturated carbocycles. The summed E-state index contributed by atoms with van der Waals surface area (Å²) in [6.45, 7) is 4.61. The topological polar surface area (TPSA) is 162 Å². The summed E-state index contributed by atoms with van der Waals surface area (Å²) in [5.41, 5.74) is 2.25. The average molecular weight is 632 g/mol. The maximum Gasteiger partial charge on any atom is 0.409 e. The molecule has 2 fully saturated rings. The van der Waals surface area contributed by atoms with Crippen LogP contribution in [0.15, 0.2) is 42.5 Å². The lowest BCUT2D eigenvalue weighted by Gasteiger charge is -2.36. The number of methoxy groups -OCH3 is 1. The largest absolute Gasteiger partial charge is 0.449 e. The van der Waals surface area contributed by atoms with Crippen LogP contribution in [0.3, 0.4) is 0 Å². The molecular weight excluding hydrogens is 589 g/mol. The second-order valence-corrected chi connectivity index (χ2v) is 12.8. The molecule has 2 saturated heterocycles. The SMILES string of the molecule is CCCCOC(=O)N1CCN(C(=O)C(CCP(=O)(O)O)NC(=O)c2cc(N3CC[C@H](OC)C3)cc(-c3ccccc3)n2)CC1. The second-order valence-electron chi connectivity index (χ2n) is 11.0. The van der Waals surface area contributed by atoms with Crippen molar-refractivity contribution in [1.29, 1.82) is 0 Å². The van der Waals surface area contributed by atoms with Crippen molar-refractivity contribution in [3.63, 3.8) is 0 Å². The summed E-state index contributed by atoms with van der Waals surface area (Å²) in [5, 5.41) is 2.70. The van der Waals surface area contributed by atoms with Crippen LogP contribution < -0.4 is 10.2 Å². The number of carbonyl (C=O) groups excluding carboxylic acids is 3. The molecule has 44 heavy (non-hydrogen) atoms. The first-order valence-corrected chi connectivity index (χ1v) is 16.8. The predicted octanol–water partition coefficient (Wildman–Crippen LogP) is 2.72. The van der Waals surface area contributed by atoms with Crippen LogP contribution in [-0.4, -0.2) is 114 Å². The summed E-state index contributed by atoms with van der Waals surface area (Å²) < 4.78 is 22.5. The number of ether oxygens (including phenoxy) is 2. The summed E-state index contributed by atoms with van der Waals surface area (Å²) in [6.07, 6.45) is 1.28. The van der Waals surface area contributed by atoms with Gasteiger partial charge >= 0.3 is 13.7 Å². The lowest BCUT2D eigenvalue weighted by Crippen LogP contribution is -2.56. The van der Waals surface area contributed by atoms with Gasteiger partial charge in [-0.1, -0.05) is 43.7 Å². The highest BCUT2D eigenvalue weighted by Gasteiger charge is 2.33. The Morgan fingerprint density at radius 3 is 2.41 bits per heavy atom. The average Bonchev–Trinajstić information content (AvgIpc) is 3.52. The maximum atomic E-state index is 13.7. The van der Waals surface area contributed by atoms with Gasteiger partial charge in [-0.05, 0) is 31.4 Å². The van der Waals surface area contributed by atoms with Gasteiger partial charge in [-0.2, -0.15) is 0 Å². The minimum absolute atomic E-state index is 0.0638. The standard InChI is InChI=1S/C30H42N5O8P/c1-3-4-17-43-30(38)34-15-13-33(14-16-34)29(37)25(11-18-44(39,40)41)32-28(36)27-20-23(35-12-10-24(21-35)42-2)19-26(31-27)22-8-6-5-7-9-22/h5-9,19-20,24-25H,3-4,10-18,21H2,1-2H3,(H,32,36)(H2,39,40,41)/t24-,25?/m0/s1. The summed E-state index contributed by atoms with van der Waals surface area (Å²) in [5.74, 6) is -1.11. The third-order valence-electron chi connectivity index (χ3n) is 7.84. The fourth-order valence-electron chi connectivity index (χ4n) is 5.24. The van der Waals surface area contributed by atoms with Crippen molar-refractivity contribution in [3.05, 3.63) is 48.2 Å². The molecule has 1 aromatic carbocycles. The fourth-order valence-corrected chi connectivity index (χ4v) is 5.83. The molecule has 13 nitrogen and oxygen atoms in total. The van der Waals surface area contributed by atoms with Crippen molar-refractivity contribution < 1.29 is 38.2 Å². The van der Waals surface area contributed by atoms with Crippen LogP contribution >= 0.6 is 7.60 Å². The normalized spacial score (nSPS) is 17.8. The zero-order valence-corrected chi connectivity index (χ0v) is 26.2. The van der Waals surface area contributed by atoms with E-state index in [2.05, 4.69) is 15.2 Å². The monoisotopic (exact) mass is 631 g/mol. The van der Waals surface area contributed by atoms with E-state index in [1.807, 2.05) is 43.3 Å². The van der Waals surface area contributed by atoms with Gasteiger partial charge in [0.05, 0.1) is 24.6 Å². The zero-order valence-electron chi connectivity index (χ0n) is 25.3. The number of rotatable bonds is 12. The fraction of sp³-hybridized carbons (Fsp3) is 0.533. The van der Waals surface area contributed by atoms with Crippen molar-refractivity contribution in [1.82, 2.24) is 20.1 Å². The Bertz CT molecular complexity index is 1330. The first-order chi connectivity index (χ1) is 21.1. The van der Waals surface area contributed by atoms with E-state index in [1.165, 1.54) is 9.80 Å². The summed E-state index contributed by atoms with van der Waals surface area (Å²) in [6, 6.07) is 11.8. The van der Waals surface area contributed by atoms with Gasteiger partial charge < -0.3 is 39.3 Å². The molecule has 0 spiro atoms. The number of unbranched alkanes of at least 4 members (excludes halogenated alkanes) is 1. The highest BCUT2D eigenvalue weighted by atomic mass is 31.2. The number of benzene rings is 1. The van der Waals surface area contributed by atoms with Crippen molar-refractivity contribution in [2.75, 3.05) is 64.0 Å². The van der Waals surface area contributed by atoms with Crippen LogP contribution in [0.1, 0.15) is 43.1 Å². The van der Waals surface area contributed by atoms with Crippen LogP contribution in [0.5, 0.6) is 0 Å². The molecule has 0 radical (unpaired) electrons. The van der Waals surface area contributed by atoms with Crippen LogP contribution in [0.25, 0.3) is 11.3 Å². The molecule has 4 rings (SSSR count). The lowest BCUT2D eigenvalue weighted by molar-refractivity contribution is -0.134. The van der Waals surface area contributed by atoms with Gasteiger partial charge in [-0.25, -0.2) is 9.78 Å². The minimum atomic E-state index is -4.46. The molecule has 2 aliphatic heterocycles. The van der Waals surface area contributed by atoms with E-state index in [0.29, 0.717) is 18.8 Å². The summed E-state index contributed by atoms with van der Waals surface area (Å²) in [4.78, 5) is 68.4. The van der Waals surface area contributed by atoms with Gasteiger partial charge in [0.2, 0.25) is 5.91 Å². The zero-order chi connectivity index (χ0) is 31.7. The van der Waals surface area contributed by atoms with Crippen molar-refractivity contribution in [2.24, 2.45) is 0 Å². The Morgan fingerprint density at radius 1 is 1.07 bits per heavy atom. The molecule has 1 unspecified atom stereocenters. The number of nitrogens with one attached hydrogen (secondary N) is 1. The van der Waals surface area contributed by atoms with E-state index in [-0.39, 0.29) is 44.4 Å². The molecule has 2 aliphatic rings. The number of piperazine rings is 1. The lowest BCUT2D eigenvalue weighted by atomic mass is 10.1. The summed E-state index contributed by atoms with van der Waals surface area (Å²) in [7, 11) is -2.79. The first kappa shape index (κ1) is 33.4. The molecule has 3 N–H and O–H groups in total. The number of hydrogen-bond acceptors (Lipinski definition) is 8. The second kappa shape index (κ2) is 15.5. The molecule has 240 valence electrons. The Balaban J connectivity index is 1.52. The predicted molar refractivity (Wildman–Crippen MR) is 164 cm³/mol. The molecular formula is C30H42N5O8P. The molecule has 0 bridgehead atoms. The van der Waals surface area contributed by atoms with E-state index in [0.717, 1.165) is 37.1 Å². The summed E-state index contributed by atoms with van der Waals surface area (Å²) >= 11 is 0. The van der Waals surface area contributed by atoms with Crippen molar-refractivity contribution in [2.45, 2.75) is 44.8 Å². The van der Waals surface area contributed by atoms with E-state index < -0.39 is 37.7 Å². The molecule has 3 heterocycles. The van der Waals surface area contributed by atoms with Gasteiger partial charge in [0.1, 0.15) is 11.7 Å². The molecule has 1 aromatic heterocycles. The number of anilines is 1. The van der Waals surface area contributed by atoms with E-state index in [1.54, 1.807) is 13.2 Å². The highest BCUT2D eigenvalue weighted by Crippen LogP contribution is 2.35. The highest BCUT2D eigenvalue weighted by molar-refractivity contribution is 7.51. The van der Waals surface area contributed by atoms with E-state index >= 15 is 0 Å². The maximum absolute atomic E-state index is 13.7. The number of carbonyl (C=O) groups is 3. The van der Waals surface area contributed by atoms with Crippen molar-refractivity contribution in [3.8, 4) is 11.3 Å². The van der Waals surface area contributed by atoms with Gasteiger partial charge in [-0.3, -0.25) is 14.2 Å². The van der Waals surface area contributed by atoms with Crippen molar-refractivity contribution >= 4 is 31.2 Å². The van der Waals surface area contributed by atoms with E-state index in [9.17, 15) is 28.7 Å². The van der Waals surface area contributed by atoms with E-state index in [4.69, 9.17) is 9.47 Å². The number of pyridine rings is 1. The smallest absolute Gasteiger partial charge is 0.409 e. The Kier molecular flexibility index (Phi) is 11.7. The minimum Gasteiger partial charge on any atom is -0.449 e. The molecule has 2 atom stereocenters. The number of amides is 3. The van der Waals surface area contributed by atoms with Crippen LogP contribution in [-0.2, 0) is 18.8 Å². The van der Waals surface area contributed by atoms with Gasteiger partial charge in [-0.15, -0.1) is 0 Å². The Morgan fingerprint density at radius 2 is 1.77 bits per heavy atom. The van der Waals surface area contributed by atoms with Gasteiger partial charge in [0, 0.05) is 57.6 Å². The molecule has 14 heteroatoms. The third kappa shape index (κ3) is 9.25. The number of hydrogen-bond donors (Lipinski definition) is 3. The van der Waals surface area contributed by atoms with Gasteiger partial charge in [0.15, 0.2) is 0 Å². The van der Waals surface area contributed by atoms with Crippen LogP contribution in [0.2, 0.25) is 0 Å². The molecule has 0 aliphatic carbocycles. The number of aromatic nitrogens is 1. The van der Waals surface area contributed by atoms with Gasteiger partial charge in [0.25, 0.3) is 5.91 Å². The number of nitrogens with zero attached hydrogens (tertiary/aromatic N) is 4. The first-order valence-electron chi connectivity index (χ1n) is 15.0. The third-order valence-corrected chi connectivity index (χ3v) is 8.68. The Hall–Kier alpha value is -3.51. The van der Waals surface area contributed by atoms with Crippen LogP contribution in [0, 0.1) is 0 Å². The molecule has 2 aromatic rings. The molecule has 3 amide bonds.